The van der Waals surface area contributed by atoms with Crippen molar-refractivity contribution in [3.8, 4) is 5.69 Å². The number of rotatable bonds is 6. The number of benzene rings is 1. The Morgan fingerprint density at radius 1 is 1.13 bits per heavy atom. The molecule has 0 aliphatic heterocycles. The van der Waals surface area contributed by atoms with Gasteiger partial charge in [0.1, 0.15) is 0 Å². The molecule has 1 atom stereocenters. The summed E-state index contributed by atoms with van der Waals surface area (Å²) >= 11 is 0. The fraction of sp³-hybridized carbons (Fsp3) is 0.435. The van der Waals surface area contributed by atoms with Crippen molar-refractivity contribution in [3.05, 3.63) is 64.2 Å². The fourth-order valence-electron chi connectivity index (χ4n) is 3.82. The first-order valence-corrected chi connectivity index (χ1v) is 10.4. The molecule has 3 aromatic rings. The topological polar surface area (TPSA) is 72.1 Å². The van der Waals surface area contributed by atoms with Gasteiger partial charge in [-0.2, -0.15) is 10.2 Å². The second kappa shape index (κ2) is 9.15. The van der Waals surface area contributed by atoms with Crippen LogP contribution in [0.25, 0.3) is 5.69 Å². The summed E-state index contributed by atoms with van der Waals surface area (Å²) in [5.74, 6) is 0.782. The van der Waals surface area contributed by atoms with Crippen LogP contribution in [0.2, 0.25) is 0 Å². The molecule has 7 heteroatoms. The van der Waals surface area contributed by atoms with E-state index in [9.17, 15) is 0 Å². The molecule has 30 heavy (non-hydrogen) atoms. The van der Waals surface area contributed by atoms with Gasteiger partial charge in [0, 0.05) is 38.1 Å². The highest BCUT2D eigenvalue weighted by molar-refractivity contribution is 5.80. The minimum absolute atomic E-state index is 0.226. The third-order valence-electron chi connectivity index (χ3n) is 5.45. The third-order valence-corrected chi connectivity index (χ3v) is 5.45. The van der Waals surface area contributed by atoms with Gasteiger partial charge in [-0.1, -0.05) is 18.2 Å². The SMILES string of the molecule is CN=C(NCc1ccccc1-n1nc(C)cc1C)NC(C)Cc1c(C)nn(C)c1C. The molecule has 0 radical (unpaired) electrons. The first-order valence-electron chi connectivity index (χ1n) is 10.4. The molecule has 0 saturated heterocycles. The van der Waals surface area contributed by atoms with Crippen molar-refractivity contribution in [2.45, 2.75) is 53.6 Å². The zero-order chi connectivity index (χ0) is 21.8. The number of nitrogens with one attached hydrogen (secondary N) is 2. The maximum absolute atomic E-state index is 4.64. The van der Waals surface area contributed by atoms with Gasteiger partial charge >= 0.3 is 0 Å². The highest BCUT2D eigenvalue weighted by Crippen LogP contribution is 2.17. The van der Waals surface area contributed by atoms with E-state index < -0.39 is 0 Å². The van der Waals surface area contributed by atoms with Gasteiger partial charge in [0.15, 0.2) is 5.96 Å². The lowest BCUT2D eigenvalue weighted by Crippen LogP contribution is -2.42. The molecule has 0 bridgehead atoms. The molecule has 0 aliphatic rings. The Morgan fingerprint density at radius 2 is 1.87 bits per heavy atom. The number of hydrogen-bond acceptors (Lipinski definition) is 3. The smallest absolute Gasteiger partial charge is 0.191 e. The largest absolute Gasteiger partial charge is 0.354 e. The second-order valence-corrected chi connectivity index (χ2v) is 7.92. The average molecular weight is 408 g/mol. The van der Waals surface area contributed by atoms with Crippen LogP contribution in [-0.2, 0) is 20.0 Å². The summed E-state index contributed by atoms with van der Waals surface area (Å²) in [5, 5.41) is 16.1. The fourth-order valence-corrected chi connectivity index (χ4v) is 3.82. The zero-order valence-electron chi connectivity index (χ0n) is 19.1. The molecule has 2 N–H and O–H groups in total. The monoisotopic (exact) mass is 407 g/mol. The van der Waals surface area contributed by atoms with E-state index in [1.54, 1.807) is 7.05 Å². The van der Waals surface area contributed by atoms with Crippen molar-refractivity contribution in [1.29, 1.82) is 0 Å². The zero-order valence-corrected chi connectivity index (χ0v) is 19.1. The van der Waals surface area contributed by atoms with Gasteiger partial charge in [-0.05, 0) is 64.3 Å². The maximum Gasteiger partial charge on any atom is 0.191 e. The van der Waals surface area contributed by atoms with Gasteiger partial charge in [-0.15, -0.1) is 0 Å². The molecule has 0 fully saturated rings. The number of hydrogen-bond donors (Lipinski definition) is 2. The van der Waals surface area contributed by atoms with E-state index >= 15 is 0 Å². The van der Waals surface area contributed by atoms with Crippen LogP contribution in [0.4, 0.5) is 0 Å². The molecule has 1 aromatic carbocycles. The molecule has 160 valence electrons. The third kappa shape index (κ3) is 4.72. The van der Waals surface area contributed by atoms with Crippen LogP contribution in [0.1, 0.15) is 40.8 Å². The van der Waals surface area contributed by atoms with Crippen LogP contribution in [0.15, 0.2) is 35.3 Å². The van der Waals surface area contributed by atoms with E-state index in [4.69, 9.17) is 0 Å². The van der Waals surface area contributed by atoms with Crippen molar-refractivity contribution < 1.29 is 0 Å². The Balaban J connectivity index is 1.67. The predicted molar refractivity (Wildman–Crippen MR) is 122 cm³/mol. The number of aliphatic imine (C=N–C) groups is 1. The molecular weight excluding hydrogens is 374 g/mol. The minimum atomic E-state index is 0.226. The van der Waals surface area contributed by atoms with E-state index in [1.807, 2.05) is 29.4 Å². The van der Waals surface area contributed by atoms with Crippen molar-refractivity contribution in [3.63, 3.8) is 0 Å². The average Bonchev–Trinajstić information content (AvgIpc) is 3.17. The van der Waals surface area contributed by atoms with E-state index in [0.29, 0.717) is 6.54 Å². The Hall–Kier alpha value is -3.09. The molecule has 2 aromatic heterocycles. The van der Waals surface area contributed by atoms with Crippen LogP contribution in [0.5, 0.6) is 0 Å². The lowest BCUT2D eigenvalue weighted by molar-refractivity contribution is 0.635. The van der Waals surface area contributed by atoms with Crippen molar-refractivity contribution in [2.24, 2.45) is 12.0 Å². The molecule has 1 unspecified atom stereocenters. The number of guanidine groups is 1. The van der Waals surface area contributed by atoms with E-state index in [0.717, 1.165) is 35.1 Å². The lowest BCUT2D eigenvalue weighted by atomic mass is 10.1. The summed E-state index contributed by atoms with van der Waals surface area (Å²) in [6.45, 7) is 11.1. The molecule has 7 nitrogen and oxygen atoms in total. The number of aromatic nitrogens is 4. The maximum atomic E-state index is 4.64. The Morgan fingerprint density at radius 3 is 2.47 bits per heavy atom. The van der Waals surface area contributed by atoms with Gasteiger partial charge in [0.05, 0.1) is 17.1 Å². The molecule has 0 spiro atoms. The first-order chi connectivity index (χ1) is 14.3. The van der Waals surface area contributed by atoms with Gasteiger partial charge in [-0.25, -0.2) is 4.68 Å². The Labute approximate surface area is 179 Å². The normalized spacial score (nSPS) is 12.8. The van der Waals surface area contributed by atoms with Gasteiger partial charge < -0.3 is 10.6 Å². The van der Waals surface area contributed by atoms with Crippen LogP contribution in [-0.4, -0.2) is 38.6 Å². The quantitative estimate of drug-likeness (QED) is 0.486. The van der Waals surface area contributed by atoms with Crippen molar-refractivity contribution in [1.82, 2.24) is 30.2 Å². The van der Waals surface area contributed by atoms with Gasteiger partial charge in [-0.3, -0.25) is 9.67 Å². The molecular formula is C23H33N7. The predicted octanol–water partition coefficient (Wildman–Crippen LogP) is 3.14. The summed E-state index contributed by atoms with van der Waals surface area (Å²) in [5.41, 5.74) is 7.98. The molecule has 0 aliphatic carbocycles. The standard InChI is InChI=1S/C23H33N7/c1-15(13-21-18(4)28-29(7)19(21)5)26-23(24-6)25-14-20-10-8-9-11-22(20)30-17(3)12-16(2)27-30/h8-12,15H,13-14H2,1-7H3,(H2,24,25,26). The Kier molecular flexibility index (Phi) is 6.59. The van der Waals surface area contributed by atoms with E-state index in [-0.39, 0.29) is 6.04 Å². The second-order valence-electron chi connectivity index (χ2n) is 7.92. The summed E-state index contributed by atoms with van der Waals surface area (Å²) in [6.07, 6.45) is 0.897. The van der Waals surface area contributed by atoms with E-state index in [2.05, 4.69) is 77.8 Å². The van der Waals surface area contributed by atoms with Crippen LogP contribution >= 0.6 is 0 Å². The summed E-state index contributed by atoms with van der Waals surface area (Å²) in [7, 11) is 3.79. The van der Waals surface area contributed by atoms with Crippen LogP contribution in [0.3, 0.4) is 0 Å². The minimum Gasteiger partial charge on any atom is -0.354 e. The van der Waals surface area contributed by atoms with Crippen LogP contribution < -0.4 is 10.6 Å². The van der Waals surface area contributed by atoms with Crippen molar-refractivity contribution >= 4 is 5.96 Å². The number of aryl methyl sites for hydroxylation is 4. The lowest BCUT2D eigenvalue weighted by Gasteiger charge is -2.19. The summed E-state index contributed by atoms with van der Waals surface area (Å²) < 4.78 is 3.94. The summed E-state index contributed by atoms with van der Waals surface area (Å²) in [4.78, 5) is 4.41. The highest BCUT2D eigenvalue weighted by Gasteiger charge is 2.14. The molecule has 3 rings (SSSR count). The molecule has 0 amide bonds. The van der Waals surface area contributed by atoms with Gasteiger partial charge in [0.25, 0.3) is 0 Å². The van der Waals surface area contributed by atoms with Crippen molar-refractivity contribution in [2.75, 3.05) is 7.05 Å². The number of para-hydroxylation sites is 1. The molecule has 0 saturated carbocycles. The highest BCUT2D eigenvalue weighted by atomic mass is 15.3. The number of nitrogens with zero attached hydrogens (tertiary/aromatic N) is 5. The Bertz CT molecular complexity index is 1040. The first kappa shape index (κ1) is 21.6. The molecule has 2 heterocycles. The van der Waals surface area contributed by atoms with E-state index in [1.165, 1.54) is 16.8 Å². The van der Waals surface area contributed by atoms with Crippen LogP contribution in [0, 0.1) is 27.7 Å². The van der Waals surface area contributed by atoms with Gasteiger partial charge in [0.2, 0.25) is 0 Å². The summed E-state index contributed by atoms with van der Waals surface area (Å²) in [6, 6.07) is 10.6.